The van der Waals surface area contributed by atoms with E-state index in [0.29, 0.717) is 11.3 Å². The number of hydrogen-bond donors (Lipinski definition) is 0. The van der Waals surface area contributed by atoms with E-state index in [4.69, 9.17) is 8.83 Å². The van der Waals surface area contributed by atoms with Crippen LogP contribution in [0, 0.1) is 0 Å². The van der Waals surface area contributed by atoms with Crippen molar-refractivity contribution in [2.24, 2.45) is 0 Å². The second kappa shape index (κ2) is 4.10. The van der Waals surface area contributed by atoms with Crippen molar-refractivity contribution in [1.82, 2.24) is 0 Å². The number of benzene rings is 2. The predicted molar refractivity (Wildman–Crippen MR) is 75.9 cm³/mol. The van der Waals surface area contributed by atoms with Gasteiger partial charge in [0.15, 0.2) is 5.76 Å². The summed E-state index contributed by atoms with van der Waals surface area (Å²) in [7, 11) is 0. The standard InChI is InChI=1S/C17H10O3/c18-17(16-6-3-9-19-16)11-7-8-15-13(10-11)12-4-1-2-5-14(12)20-15/h1-10H. The molecule has 0 unspecified atom stereocenters. The largest absolute Gasteiger partial charge is 0.461 e. The first-order valence-electron chi connectivity index (χ1n) is 6.32. The summed E-state index contributed by atoms with van der Waals surface area (Å²) in [4.78, 5) is 12.3. The summed E-state index contributed by atoms with van der Waals surface area (Å²) in [6.45, 7) is 0. The second-order valence-electron chi connectivity index (χ2n) is 4.62. The molecule has 20 heavy (non-hydrogen) atoms. The molecule has 0 amide bonds. The average molecular weight is 262 g/mol. The van der Waals surface area contributed by atoms with Crippen LogP contribution < -0.4 is 0 Å². The van der Waals surface area contributed by atoms with Crippen LogP contribution in [0.2, 0.25) is 0 Å². The molecule has 0 aliphatic carbocycles. The SMILES string of the molecule is O=C(c1ccc2oc3ccccc3c2c1)c1ccco1. The van der Waals surface area contributed by atoms with E-state index < -0.39 is 0 Å². The van der Waals surface area contributed by atoms with Crippen LogP contribution in [0.1, 0.15) is 16.1 Å². The molecule has 0 fully saturated rings. The van der Waals surface area contributed by atoms with Crippen LogP contribution in [0.25, 0.3) is 21.9 Å². The van der Waals surface area contributed by atoms with Crippen LogP contribution in [0.4, 0.5) is 0 Å². The lowest BCUT2D eigenvalue weighted by Gasteiger charge is -1.97. The fourth-order valence-electron chi connectivity index (χ4n) is 2.42. The highest BCUT2D eigenvalue weighted by atomic mass is 16.3. The van der Waals surface area contributed by atoms with Crippen molar-refractivity contribution in [1.29, 1.82) is 0 Å². The summed E-state index contributed by atoms with van der Waals surface area (Å²) < 4.78 is 10.9. The highest BCUT2D eigenvalue weighted by Gasteiger charge is 2.14. The molecular weight excluding hydrogens is 252 g/mol. The molecule has 0 radical (unpaired) electrons. The van der Waals surface area contributed by atoms with Crippen molar-refractivity contribution in [3.05, 3.63) is 72.2 Å². The first-order valence-corrected chi connectivity index (χ1v) is 6.32. The first-order chi connectivity index (χ1) is 9.83. The maximum absolute atomic E-state index is 12.3. The van der Waals surface area contributed by atoms with E-state index in [9.17, 15) is 4.79 Å². The molecule has 0 bridgehead atoms. The van der Waals surface area contributed by atoms with Gasteiger partial charge in [-0.15, -0.1) is 0 Å². The molecular formula is C17H10O3. The van der Waals surface area contributed by atoms with E-state index in [2.05, 4.69) is 0 Å². The molecule has 4 rings (SSSR count). The summed E-state index contributed by atoms with van der Waals surface area (Å²) in [5.74, 6) is 0.222. The molecule has 0 aliphatic heterocycles. The Morgan fingerprint density at radius 2 is 1.70 bits per heavy atom. The number of fused-ring (bicyclic) bond motifs is 3. The minimum absolute atomic E-state index is 0.123. The third kappa shape index (κ3) is 1.57. The quantitative estimate of drug-likeness (QED) is 0.502. The molecule has 4 aromatic rings. The van der Waals surface area contributed by atoms with Crippen molar-refractivity contribution < 1.29 is 13.6 Å². The van der Waals surface area contributed by atoms with E-state index in [1.165, 1.54) is 6.26 Å². The summed E-state index contributed by atoms with van der Waals surface area (Å²) in [6, 6.07) is 16.6. The lowest BCUT2D eigenvalue weighted by atomic mass is 10.1. The number of para-hydroxylation sites is 1. The zero-order valence-corrected chi connectivity index (χ0v) is 10.5. The van der Waals surface area contributed by atoms with Crippen LogP contribution in [-0.4, -0.2) is 5.78 Å². The molecule has 0 N–H and O–H groups in total. The predicted octanol–water partition coefficient (Wildman–Crippen LogP) is 4.41. The summed E-state index contributed by atoms with van der Waals surface area (Å²) in [5, 5.41) is 1.95. The maximum atomic E-state index is 12.3. The lowest BCUT2D eigenvalue weighted by molar-refractivity contribution is 0.101. The van der Waals surface area contributed by atoms with Crippen LogP contribution >= 0.6 is 0 Å². The molecule has 2 aromatic heterocycles. The Balaban J connectivity index is 1.94. The van der Waals surface area contributed by atoms with E-state index >= 15 is 0 Å². The van der Waals surface area contributed by atoms with Gasteiger partial charge >= 0.3 is 0 Å². The molecule has 3 nitrogen and oxygen atoms in total. The molecule has 0 atom stereocenters. The van der Waals surface area contributed by atoms with Crippen molar-refractivity contribution in [3.8, 4) is 0 Å². The molecule has 2 heterocycles. The van der Waals surface area contributed by atoms with Gasteiger partial charge in [-0.1, -0.05) is 18.2 Å². The lowest BCUT2D eigenvalue weighted by Crippen LogP contribution is -1.98. The number of carbonyl (C=O) groups excluding carboxylic acids is 1. The zero-order valence-electron chi connectivity index (χ0n) is 10.5. The highest BCUT2D eigenvalue weighted by molar-refractivity contribution is 6.12. The Labute approximate surface area is 114 Å². The highest BCUT2D eigenvalue weighted by Crippen LogP contribution is 2.29. The van der Waals surface area contributed by atoms with Gasteiger partial charge in [0.2, 0.25) is 5.78 Å². The Hall–Kier alpha value is -2.81. The summed E-state index contributed by atoms with van der Waals surface area (Å²) in [5.41, 5.74) is 2.20. The van der Waals surface area contributed by atoms with Crippen LogP contribution in [0.3, 0.4) is 0 Å². The number of rotatable bonds is 2. The molecule has 0 aliphatic rings. The number of hydrogen-bond acceptors (Lipinski definition) is 3. The van der Waals surface area contributed by atoms with Gasteiger partial charge in [0.05, 0.1) is 6.26 Å². The van der Waals surface area contributed by atoms with Crippen molar-refractivity contribution in [2.75, 3.05) is 0 Å². The van der Waals surface area contributed by atoms with Crippen LogP contribution in [0.5, 0.6) is 0 Å². The van der Waals surface area contributed by atoms with E-state index in [0.717, 1.165) is 21.9 Å². The van der Waals surface area contributed by atoms with E-state index in [1.54, 1.807) is 18.2 Å². The second-order valence-corrected chi connectivity index (χ2v) is 4.62. The molecule has 0 saturated heterocycles. The van der Waals surface area contributed by atoms with Crippen molar-refractivity contribution in [2.45, 2.75) is 0 Å². The number of carbonyl (C=O) groups is 1. The molecule has 96 valence electrons. The Kier molecular flexibility index (Phi) is 2.27. The number of ketones is 1. The van der Waals surface area contributed by atoms with Gasteiger partial charge in [-0.2, -0.15) is 0 Å². The minimum atomic E-state index is -0.123. The van der Waals surface area contributed by atoms with Gasteiger partial charge in [-0.25, -0.2) is 0 Å². The van der Waals surface area contributed by atoms with Gasteiger partial charge < -0.3 is 8.83 Å². The topological polar surface area (TPSA) is 43.4 Å². The molecule has 3 heteroatoms. The van der Waals surface area contributed by atoms with Gasteiger partial charge in [0, 0.05) is 16.3 Å². The van der Waals surface area contributed by atoms with Crippen LogP contribution in [-0.2, 0) is 0 Å². The van der Waals surface area contributed by atoms with Crippen molar-refractivity contribution >= 4 is 27.7 Å². The van der Waals surface area contributed by atoms with Gasteiger partial charge in [-0.05, 0) is 36.4 Å². The van der Waals surface area contributed by atoms with E-state index in [1.807, 2.05) is 36.4 Å². The average Bonchev–Trinajstić information content (AvgIpc) is 3.13. The first kappa shape index (κ1) is 11.1. The van der Waals surface area contributed by atoms with Crippen LogP contribution in [0.15, 0.2) is 69.7 Å². The van der Waals surface area contributed by atoms with Gasteiger partial charge in [0.1, 0.15) is 11.2 Å². The maximum Gasteiger partial charge on any atom is 0.228 e. The normalized spacial score (nSPS) is 11.2. The zero-order chi connectivity index (χ0) is 13.5. The van der Waals surface area contributed by atoms with Crippen molar-refractivity contribution in [3.63, 3.8) is 0 Å². The third-order valence-electron chi connectivity index (χ3n) is 3.38. The fourth-order valence-corrected chi connectivity index (χ4v) is 2.42. The molecule has 0 spiro atoms. The molecule has 2 aromatic carbocycles. The minimum Gasteiger partial charge on any atom is -0.461 e. The van der Waals surface area contributed by atoms with Gasteiger partial charge in [0.25, 0.3) is 0 Å². The fraction of sp³-hybridized carbons (Fsp3) is 0. The molecule has 0 saturated carbocycles. The van der Waals surface area contributed by atoms with Gasteiger partial charge in [-0.3, -0.25) is 4.79 Å². The smallest absolute Gasteiger partial charge is 0.228 e. The summed E-state index contributed by atoms with van der Waals surface area (Å²) in [6.07, 6.45) is 1.50. The van der Waals surface area contributed by atoms with E-state index in [-0.39, 0.29) is 5.78 Å². The Bertz CT molecular complexity index is 914. The Morgan fingerprint density at radius 3 is 2.55 bits per heavy atom. The monoisotopic (exact) mass is 262 g/mol. The third-order valence-corrected chi connectivity index (χ3v) is 3.38. The number of furan rings is 2. The Morgan fingerprint density at radius 1 is 0.850 bits per heavy atom. The summed E-state index contributed by atoms with van der Waals surface area (Å²) >= 11 is 0.